The molecule has 35 heavy (non-hydrogen) atoms. The van der Waals surface area contributed by atoms with Crippen LogP contribution in [0.3, 0.4) is 0 Å². The molecule has 182 valence electrons. The van der Waals surface area contributed by atoms with Crippen molar-refractivity contribution in [1.82, 2.24) is 4.90 Å². The van der Waals surface area contributed by atoms with Gasteiger partial charge in [-0.1, -0.05) is 35.9 Å². The highest BCUT2D eigenvalue weighted by Crippen LogP contribution is 2.34. The molecule has 9 nitrogen and oxygen atoms in total. The van der Waals surface area contributed by atoms with Crippen molar-refractivity contribution >= 4 is 38.7 Å². The number of amides is 1. The molecule has 0 atom stereocenters. The number of nitro groups is 1. The van der Waals surface area contributed by atoms with Crippen LogP contribution in [-0.2, 0) is 9.84 Å². The lowest BCUT2D eigenvalue weighted by molar-refractivity contribution is -0.387. The lowest BCUT2D eigenvalue weighted by Crippen LogP contribution is -2.48. The number of nitro benzene ring substituents is 1. The van der Waals surface area contributed by atoms with E-state index in [0.29, 0.717) is 26.2 Å². The molecule has 1 amide bonds. The molecular formula is C24H22ClN3O6S. The fourth-order valence-electron chi connectivity index (χ4n) is 4.03. The van der Waals surface area contributed by atoms with Crippen molar-refractivity contribution in [3.05, 3.63) is 87.4 Å². The zero-order chi connectivity index (χ0) is 25.2. The van der Waals surface area contributed by atoms with Crippen LogP contribution < -0.4 is 9.64 Å². The summed E-state index contributed by atoms with van der Waals surface area (Å²) >= 11 is 6.03. The van der Waals surface area contributed by atoms with Gasteiger partial charge in [0.1, 0.15) is 10.6 Å². The Labute approximate surface area is 207 Å². The Morgan fingerprint density at radius 3 is 2.29 bits per heavy atom. The minimum atomic E-state index is -4.27. The summed E-state index contributed by atoms with van der Waals surface area (Å²) in [6, 6.07) is 16.7. The molecule has 0 unspecified atom stereocenters. The van der Waals surface area contributed by atoms with Crippen LogP contribution in [0, 0.1) is 10.1 Å². The van der Waals surface area contributed by atoms with Gasteiger partial charge in [-0.15, -0.1) is 0 Å². The largest absolute Gasteiger partial charge is 0.495 e. The molecule has 1 saturated heterocycles. The van der Waals surface area contributed by atoms with E-state index < -0.39 is 31.3 Å². The van der Waals surface area contributed by atoms with Crippen LogP contribution in [0.25, 0.3) is 0 Å². The van der Waals surface area contributed by atoms with E-state index in [0.717, 1.165) is 23.6 Å². The number of methoxy groups -OCH3 is 1. The fraction of sp³-hybridized carbons (Fsp3) is 0.208. The molecule has 1 heterocycles. The van der Waals surface area contributed by atoms with E-state index in [-0.39, 0.29) is 15.5 Å². The van der Waals surface area contributed by atoms with E-state index in [9.17, 15) is 23.3 Å². The van der Waals surface area contributed by atoms with Crippen molar-refractivity contribution in [1.29, 1.82) is 0 Å². The molecule has 0 bridgehead atoms. The monoisotopic (exact) mass is 515 g/mol. The standard InChI is InChI=1S/C24H22ClN3O6S/c1-34-21-8-4-3-7-19(21)26-12-14-27(15-13-26)24(29)17-10-11-23(20(16-17)28(30)31)35(32,33)22-9-5-2-6-18(22)25/h2-11,16H,12-15H2,1H3. The number of sulfone groups is 1. The third-order valence-corrected chi connectivity index (χ3v) is 8.11. The lowest BCUT2D eigenvalue weighted by atomic mass is 10.1. The maximum Gasteiger partial charge on any atom is 0.289 e. The van der Waals surface area contributed by atoms with Gasteiger partial charge in [0.2, 0.25) is 9.84 Å². The molecule has 0 radical (unpaired) electrons. The fourth-order valence-corrected chi connectivity index (χ4v) is 5.94. The average Bonchev–Trinajstić information content (AvgIpc) is 2.88. The maximum absolute atomic E-state index is 13.1. The Morgan fingerprint density at radius 1 is 0.971 bits per heavy atom. The molecule has 11 heteroatoms. The SMILES string of the molecule is COc1ccccc1N1CCN(C(=O)c2ccc(S(=O)(=O)c3ccccc3Cl)c([N+](=O)[O-])c2)CC1. The summed E-state index contributed by atoms with van der Waals surface area (Å²) in [6.45, 7) is 1.88. The molecule has 0 N–H and O–H groups in total. The Morgan fingerprint density at radius 2 is 1.63 bits per heavy atom. The van der Waals surface area contributed by atoms with Crippen LogP contribution in [0.15, 0.2) is 76.5 Å². The Hall–Kier alpha value is -3.63. The van der Waals surface area contributed by atoms with Gasteiger partial charge in [0.25, 0.3) is 11.6 Å². The van der Waals surface area contributed by atoms with E-state index in [2.05, 4.69) is 4.90 Å². The summed E-state index contributed by atoms with van der Waals surface area (Å²) in [5.41, 5.74) is 0.288. The number of anilines is 1. The van der Waals surface area contributed by atoms with Crippen LogP contribution in [-0.4, -0.2) is 57.4 Å². The topological polar surface area (TPSA) is 110 Å². The first-order chi connectivity index (χ1) is 16.7. The highest BCUT2D eigenvalue weighted by atomic mass is 35.5. The van der Waals surface area contributed by atoms with Gasteiger partial charge in [-0.3, -0.25) is 14.9 Å². The predicted molar refractivity (Wildman–Crippen MR) is 131 cm³/mol. The van der Waals surface area contributed by atoms with Gasteiger partial charge in [0.15, 0.2) is 0 Å². The summed E-state index contributed by atoms with van der Waals surface area (Å²) in [7, 11) is -2.68. The number of ether oxygens (including phenoxy) is 1. The smallest absolute Gasteiger partial charge is 0.289 e. The second-order valence-electron chi connectivity index (χ2n) is 7.82. The van der Waals surface area contributed by atoms with Gasteiger partial charge in [-0.2, -0.15) is 0 Å². The summed E-state index contributed by atoms with van der Waals surface area (Å²) in [6.07, 6.45) is 0. The molecule has 4 rings (SSSR count). The van der Waals surface area contributed by atoms with E-state index >= 15 is 0 Å². The average molecular weight is 516 g/mol. The normalized spacial score (nSPS) is 14.0. The molecule has 0 aliphatic carbocycles. The molecule has 1 fully saturated rings. The number of rotatable bonds is 6. The van der Waals surface area contributed by atoms with Gasteiger partial charge >= 0.3 is 0 Å². The second-order valence-corrected chi connectivity index (χ2v) is 10.1. The van der Waals surface area contributed by atoms with Crippen molar-refractivity contribution in [3.63, 3.8) is 0 Å². The predicted octanol–water partition coefficient (Wildman–Crippen LogP) is 4.05. The third kappa shape index (κ3) is 4.80. The molecule has 3 aromatic carbocycles. The number of piperazine rings is 1. The Balaban J connectivity index is 1.57. The minimum absolute atomic E-state index is 0.0422. The molecule has 0 aromatic heterocycles. The maximum atomic E-state index is 13.1. The van der Waals surface area contributed by atoms with Gasteiger partial charge in [-0.05, 0) is 36.4 Å². The number of nitrogens with zero attached hydrogens (tertiary/aromatic N) is 3. The van der Waals surface area contributed by atoms with Crippen LogP contribution in [0.2, 0.25) is 5.02 Å². The third-order valence-electron chi connectivity index (χ3n) is 5.81. The number of halogens is 1. The zero-order valence-electron chi connectivity index (χ0n) is 18.8. The Bertz CT molecular complexity index is 1390. The van der Waals surface area contributed by atoms with Gasteiger partial charge in [0.05, 0.1) is 27.6 Å². The highest BCUT2D eigenvalue weighted by Gasteiger charge is 2.31. The zero-order valence-corrected chi connectivity index (χ0v) is 20.3. The number of carbonyl (C=O) groups excluding carboxylic acids is 1. The second kappa shape index (κ2) is 9.93. The number of carbonyl (C=O) groups is 1. The summed E-state index contributed by atoms with van der Waals surface area (Å²) < 4.78 is 31.6. The summed E-state index contributed by atoms with van der Waals surface area (Å²) in [5, 5.41) is 11.7. The van der Waals surface area contributed by atoms with Crippen LogP contribution in [0.1, 0.15) is 10.4 Å². The summed E-state index contributed by atoms with van der Waals surface area (Å²) in [4.78, 5) is 27.0. The van der Waals surface area contributed by atoms with Crippen LogP contribution >= 0.6 is 11.6 Å². The first-order valence-corrected chi connectivity index (χ1v) is 12.6. The minimum Gasteiger partial charge on any atom is -0.495 e. The van der Waals surface area contributed by atoms with Crippen molar-refractivity contribution in [2.24, 2.45) is 0 Å². The quantitative estimate of drug-likeness (QED) is 0.359. The number of para-hydroxylation sites is 2. The molecule has 1 aliphatic rings. The van der Waals surface area contributed by atoms with Gasteiger partial charge in [-0.25, -0.2) is 8.42 Å². The first-order valence-electron chi connectivity index (χ1n) is 10.7. The van der Waals surface area contributed by atoms with Crippen molar-refractivity contribution in [2.45, 2.75) is 9.79 Å². The number of benzene rings is 3. The lowest BCUT2D eigenvalue weighted by Gasteiger charge is -2.36. The summed E-state index contributed by atoms with van der Waals surface area (Å²) in [5.74, 6) is 0.327. The molecular weight excluding hydrogens is 494 g/mol. The number of hydrogen-bond donors (Lipinski definition) is 0. The van der Waals surface area contributed by atoms with Crippen LogP contribution in [0.4, 0.5) is 11.4 Å². The van der Waals surface area contributed by atoms with Crippen molar-refractivity contribution in [2.75, 3.05) is 38.2 Å². The molecule has 3 aromatic rings. The van der Waals surface area contributed by atoms with Gasteiger partial charge < -0.3 is 14.5 Å². The molecule has 1 aliphatic heterocycles. The van der Waals surface area contributed by atoms with E-state index in [4.69, 9.17) is 16.3 Å². The van der Waals surface area contributed by atoms with E-state index in [1.165, 1.54) is 24.3 Å². The molecule has 0 saturated carbocycles. The number of hydrogen-bond acceptors (Lipinski definition) is 7. The van der Waals surface area contributed by atoms with Crippen LogP contribution in [0.5, 0.6) is 5.75 Å². The molecule has 0 spiro atoms. The van der Waals surface area contributed by atoms with E-state index in [1.54, 1.807) is 18.1 Å². The van der Waals surface area contributed by atoms with Crippen molar-refractivity contribution in [3.8, 4) is 5.75 Å². The first kappa shape index (κ1) is 24.5. The van der Waals surface area contributed by atoms with Gasteiger partial charge in [0, 0.05) is 37.8 Å². The highest BCUT2D eigenvalue weighted by molar-refractivity contribution is 7.91. The Kier molecular flexibility index (Phi) is 6.95. The van der Waals surface area contributed by atoms with Crippen molar-refractivity contribution < 1.29 is 22.9 Å². The van der Waals surface area contributed by atoms with E-state index in [1.807, 2.05) is 24.3 Å².